The Hall–Kier alpha value is -1.40. The van der Waals surface area contributed by atoms with Gasteiger partial charge in [0.25, 0.3) is 0 Å². The first-order chi connectivity index (χ1) is 7.65. The van der Waals surface area contributed by atoms with E-state index < -0.39 is 0 Å². The molecule has 1 aromatic heterocycles. The van der Waals surface area contributed by atoms with Crippen molar-refractivity contribution in [2.45, 2.75) is 26.0 Å². The number of nitrogen functional groups attached to an aromatic ring is 1. The molecule has 0 spiro atoms. The molecule has 1 aromatic rings. The number of hydrogen-bond donors (Lipinski definition) is 3. The van der Waals surface area contributed by atoms with Crippen molar-refractivity contribution in [1.82, 2.24) is 9.97 Å². The standard InChI is InChI=1S/C10H18N4O2/c1-7(3-4-15)12-9-5-8(11)13-10(14-9)6-16-2/h5,7,15H,3-4,6H2,1-2H3,(H3,11,12,13,14). The van der Waals surface area contributed by atoms with Gasteiger partial charge < -0.3 is 20.9 Å². The van der Waals surface area contributed by atoms with E-state index in [4.69, 9.17) is 15.6 Å². The topological polar surface area (TPSA) is 93.3 Å². The van der Waals surface area contributed by atoms with Gasteiger partial charge in [0.1, 0.15) is 18.2 Å². The number of aliphatic hydroxyl groups is 1. The summed E-state index contributed by atoms with van der Waals surface area (Å²) in [6.45, 7) is 2.43. The van der Waals surface area contributed by atoms with Crippen molar-refractivity contribution < 1.29 is 9.84 Å². The molecule has 0 saturated heterocycles. The molecule has 1 atom stereocenters. The van der Waals surface area contributed by atoms with E-state index in [1.165, 1.54) is 0 Å². The SMILES string of the molecule is COCc1nc(N)cc(NC(C)CCO)n1. The van der Waals surface area contributed by atoms with Crippen LogP contribution in [0.5, 0.6) is 0 Å². The zero-order valence-corrected chi connectivity index (χ0v) is 9.60. The summed E-state index contributed by atoms with van der Waals surface area (Å²) in [5, 5.41) is 11.9. The Bertz CT molecular complexity index is 333. The van der Waals surface area contributed by atoms with Crippen molar-refractivity contribution >= 4 is 11.6 Å². The highest BCUT2D eigenvalue weighted by molar-refractivity contribution is 5.45. The second-order valence-corrected chi connectivity index (χ2v) is 3.58. The Kier molecular flexibility index (Phi) is 4.94. The Labute approximate surface area is 94.9 Å². The molecule has 0 saturated carbocycles. The lowest BCUT2D eigenvalue weighted by Crippen LogP contribution is -2.18. The van der Waals surface area contributed by atoms with Crippen LogP contribution in [0.1, 0.15) is 19.2 Å². The fraction of sp³-hybridized carbons (Fsp3) is 0.600. The third-order valence-corrected chi connectivity index (χ3v) is 2.02. The summed E-state index contributed by atoms with van der Waals surface area (Å²) in [5.74, 6) is 1.60. The lowest BCUT2D eigenvalue weighted by atomic mass is 10.2. The number of aromatic nitrogens is 2. The number of methoxy groups -OCH3 is 1. The lowest BCUT2D eigenvalue weighted by Gasteiger charge is -2.13. The van der Waals surface area contributed by atoms with Crippen LogP contribution in [-0.2, 0) is 11.3 Å². The minimum atomic E-state index is 0.134. The number of rotatable bonds is 6. The number of hydrogen-bond acceptors (Lipinski definition) is 6. The van der Waals surface area contributed by atoms with Crippen molar-refractivity contribution in [3.63, 3.8) is 0 Å². The Balaban J connectivity index is 2.71. The smallest absolute Gasteiger partial charge is 0.158 e. The van der Waals surface area contributed by atoms with Crippen molar-refractivity contribution in [3.8, 4) is 0 Å². The highest BCUT2D eigenvalue weighted by atomic mass is 16.5. The third-order valence-electron chi connectivity index (χ3n) is 2.02. The number of ether oxygens (including phenoxy) is 1. The summed E-state index contributed by atoms with van der Waals surface area (Å²) < 4.78 is 4.94. The van der Waals surface area contributed by atoms with E-state index in [1.807, 2.05) is 6.92 Å². The second-order valence-electron chi connectivity index (χ2n) is 3.58. The molecule has 0 fully saturated rings. The molecule has 1 rings (SSSR count). The highest BCUT2D eigenvalue weighted by Crippen LogP contribution is 2.11. The van der Waals surface area contributed by atoms with Gasteiger partial charge in [0.2, 0.25) is 0 Å². The molecule has 0 amide bonds. The summed E-state index contributed by atoms with van der Waals surface area (Å²) in [7, 11) is 1.58. The van der Waals surface area contributed by atoms with Crippen LogP contribution in [-0.4, -0.2) is 34.8 Å². The molecule has 4 N–H and O–H groups in total. The average Bonchev–Trinajstić information content (AvgIpc) is 2.17. The van der Waals surface area contributed by atoms with Crippen molar-refractivity contribution in [2.75, 3.05) is 24.8 Å². The van der Waals surface area contributed by atoms with Crippen LogP contribution >= 0.6 is 0 Å². The van der Waals surface area contributed by atoms with Gasteiger partial charge >= 0.3 is 0 Å². The maximum atomic E-state index is 8.79. The molecule has 0 aliphatic heterocycles. The summed E-state index contributed by atoms with van der Waals surface area (Å²) in [6.07, 6.45) is 0.656. The fourth-order valence-electron chi connectivity index (χ4n) is 1.30. The van der Waals surface area contributed by atoms with Gasteiger partial charge in [-0.1, -0.05) is 0 Å². The van der Waals surface area contributed by atoms with Gasteiger partial charge in [0.15, 0.2) is 5.82 Å². The number of nitrogens with zero attached hydrogens (tertiary/aromatic N) is 2. The Morgan fingerprint density at radius 2 is 2.31 bits per heavy atom. The van der Waals surface area contributed by atoms with Crippen molar-refractivity contribution in [3.05, 3.63) is 11.9 Å². The minimum Gasteiger partial charge on any atom is -0.396 e. The zero-order valence-electron chi connectivity index (χ0n) is 9.60. The van der Waals surface area contributed by atoms with Crippen LogP contribution in [0.3, 0.4) is 0 Å². The van der Waals surface area contributed by atoms with Gasteiger partial charge in [-0.15, -0.1) is 0 Å². The quantitative estimate of drug-likeness (QED) is 0.649. The van der Waals surface area contributed by atoms with Crippen LogP contribution in [0.25, 0.3) is 0 Å². The number of anilines is 2. The number of nitrogens with two attached hydrogens (primary N) is 1. The minimum absolute atomic E-state index is 0.134. The van der Waals surface area contributed by atoms with Gasteiger partial charge in [-0.2, -0.15) is 0 Å². The van der Waals surface area contributed by atoms with Crippen molar-refractivity contribution in [2.24, 2.45) is 0 Å². The molecule has 90 valence electrons. The van der Waals surface area contributed by atoms with E-state index in [9.17, 15) is 0 Å². The molecule has 0 aliphatic carbocycles. The van der Waals surface area contributed by atoms with E-state index in [1.54, 1.807) is 13.2 Å². The van der Waals surface area contributed by atoms with Crippen LogP contribution in [0.4, 0.5) is 11.6 Å². The van der Waals surface area contributed by atoms with Crippen molar-refractivity contribution in [1.29, 1.82) is 0 Å². The molecule has 0 aliphatic rings. The van der Waals surface area contributed by atoms with Gasteiger partial charge in [0, 0.05) is 25.8 Å². The lowest BCUT2D eigenvalue weighted by molar-refractivity contribution is 0.178. The van der Waals surface area contributed by atoms with Crippen LogP contribution in [0.2, 0.25) is 0 Å². The van der Waals surface area contributed by atoms with E-state index in [0.717, 1.165) is 0 Å². The normalized spacial score (nSPS) is 12.4. The fourth-order valence-corrected chi connectivity index (χ4v) is 1.30. The van der Waals surface area contributed by atoms with Crippen LogP contribution < -0.4 is 11.1 Å². The first-order valence-corrected chi connectivity index (χ1v) is 5.15. The molecular formula is C10H18N4O2. The molecule has 6 nitrogen and oxygen atoms in total. The molecule has 1 heterocycles. The van der Waals surface area contributed by atoms with Gasteiger partial charge in [0.05, 0.1) is 0 Å². The Morgan fingerprint density at radius 3 is 2.94 bits per heavy atom. The number of nitrogens with one attached hydrogen (secondary N) is 1. The van der Waals surface area contributed by atoms with Crippen LogP contribution in [0.15, 0.2) is 6.07 Å². The predicted octanol–water partition coefficient (Wildman–Crippen LogP) is 0.388. The van der Waals surface area contributed by atoms with E-state index in [-0.39, 0.29) is 12.6 Å². The Morgan fingerprint density at radius 1 is 1.56 bits per heavy atom. The van der Waals surface area contributed by atoms with Gasteiger partial charge in [-0.25, -0.2) is 9.97 Å². The highest BCUT2D eigenvalue weighted by Gasteiger charge is 2.05. The first-order valence-electron chi connectivity index (χ1n) is 5.15. The summed E-state index contributed by atoms with van der Waals surface area (Å²) in [5.41, 5.74) is 5.64. The summed E-state index contributed by atoms with van der Waals surface area (Å²) in [4.78, 5) is 8.27. The third kappa shape index (κ3) is 4.00. The monoisotopic (exact) mass is 226 g/mol. The summed E-state index contributed by atoms with van der Waals surface area (Å²) >= 11 is 0. The van der Waals surface area contributed by atoms with E-state index in [2.05, 4.69) is 15.3 Å². The molecule has 0 bridgehead atoms. The predicted molar refractivity (Wildman–Crippen MR) is 61.9 cm³/mol. The molecule has 16 heavy (non-hydrogen) atoms. The molecule has 0 radical (unpaired) electrons. The number of aliphatic hydroxyl groups excluding tert-OH is 1. The molecule has 0 aromatic carbocycles. The largest absolute Gasteiger partial charge is 0.396 e. The zero-order chi connectivity index (χ0) is 12.0. The van der Waals surface area contributed by atoms with E-state index >= 15 is 0 Å². The van der Waals surface area contributed by atoms with Gasteiger partial charge in [-0.05, 0) is 13.3 Å². The first kappa shape index (κ1) is 12.7. The summed E-state index contributed by atoms with van der Waals surface area (Å²) in [6, 6.07) is 1.79. The molecule has 6 heteroatoms. The maximum Gasteiger partial charge on any atom is 0.158 e. The molecular weight excluding hydrogens is 208 g/mol. The van der Waals surface area contributed by atoms with E-state index in [0.29, 0.717) is 30.5 Å². The van der Waals surface area contributed by atoms with Crippen LogP contribution in [0, 0.1) is 0 Å². The average molecular weight is 226 g/mol. The second kappa shape index (κ2) is 6.24. The maximum absolute atomic E-state index is 8.79. The van der Waals surface area contributed by atoms with Gasteiger partial charge in [-0.3, -0.25) is 0 Å². The molecule has 1 unspecified atom stereocenters.